The summed E-state index contributed by atoms with van der Waals surface area (Å²) in [5, 5.41) is 0.139. The Hall–Kier alpha value is -1.60. The molecule has 0 amide bonds. The summed E-state index contributed by atoms with van der Waals surface area (Å²) in [5.74, 6) is -0.456. The molecule has 0 atom stereocenters. The fourth-order valence-electron chi connectivity index (χ4n) is 1.82. The summed E-state index contributed by atoms with van der Waals surface area (Å²) in [5.41, 5.74) is 1.07. The topological polar surface area (TPSA) is 72.5 Å². The first-order valence-corrected chi connectivity index (χ1v) is 8.70. The molecule has 0 unspecified atom stereocenters. The summed E-state index contributed by atoms with van der Waals surface area (Å²) >= 11 is 11.8. The predicted molar refractivity (Wildman–Crippen MR) is 88.3 cm³/mol. The highest BCUT2D eigenvalue weighted by atomic mass is 35.5. The van der Waals surface area contributed by atoms with E-state index in [2.05, 4.69) is 9.46 Å². The van der Waals surface area contributed by atoms with Crippen LogP contribution in [0.4, 0.5) is 0 Å². The quantitative estimate of drug-likeness (QED) is 0.816. The van der Waals surface area contributed by atoms with E-state index in [-0.39, 0.29) is 21.5 Å². The van der Waals surface area contributed by atoms with Crippen molar-refractivity contribution in [1.82, 2.24) is 4.72 Å². The Morgan fingerprint density at radius 2 is 1.78 bits per heavy atom. The maximum atomic E-state index is 12.3. The Morgan fingerprint density at radius 3 is 2.39 bits per heavy atom. The van der Waals surface area contributed by atoms with Crippen molar-refractivity contribution in [3.05, 3.63) is 63.6 Å². The molecular formula is C15H13Cl2NO4S. The average molecular weight is 374 g/mol. The van der Waals surface area contributed by atoms with Crippen molar-refractivity contribution in [2.45, 2.75) is 11.4 Å². The van der Waals surface area contributed by atoms with Gasteiger partial charge in [0.05, 0.1) is 22.7 Å². The molecule has 0 aliphatic rings. The number of rotatable bonds is 5. The molecule has 2 aromatic rings. The van der Waals surface area contributed by atoms with Crippen molar-refractivity contribution in [2.24, 2.45) is 0 Å². The number of hydrogen-bond acceptors (Lipinski definition) is 4. The number of halogens is 2. The van der Waals surface area contributed by atoms with E-state index in [9.17, 15) is 13.2 Å². The largest absolute Gasteiger partial charge is 0.465 e. The van der Waals surface area contributed by atoms with Gasteiger partial charge < -0.3 is 4.74 Å². The lowest BCUT2D eigenvalue weighted by atomic mass is 10.1. The van der Waals surface area contributed by atoms with E-state index in [4.69, 9.17) is 23.2 Å². The molecule has 0 fully saturated rings. The van der Waals surface area contributed by atoms with Gasteiger partial charge in [-0.05, 0) is 29.8 Å². The first kappa shape index (κ1) is 17.7. The molecule has 0 saturated carbocycles. The molecule has 0 aliphatic heterocycles. The van der Waals surface area contributed by atoms with Gasteiger partial charge in [0.25, 0.3) is 0 Å². The molecule has 0 heterocycles. The normalized spacial score (nSPS) is 11.3. The van der Waals surface area contributed by atoms with Crippen LogP contribution in [-0.4, -0.2) is 21.5 Å². The van der Waals surface area contributed by atoms with E-state index in [1.165, 1.54) is 25.3 Å². The molecule has 0 spiro atoms. The summed E-state index contributed by atoms with van der Waals surface area (Å²) in [6, 6.07) is 10.8. The van der Waals surface area contributed by atoms with Gasteiger partial charge >= 0.3 is 5.97 Å². The second kappa shape index (κ2) is 7.31. The molecule has 1 N–H and O–H groups in total. The van der Waals surface area contributed by atoms with Crippen LogP contribution in [0.5, 0.6) is 0 Å². The summed E-state index contributed by atoms with van der Waals surface area (Å²) in [7, 11) is -2.51. The van der Waals surface area contributed by atoms with Crippen LogP contribution in [0.25, 0.3) is 0 Å². The van der Waals surface area contributed by atoms with E-state index < -0.39 is 16.0 Å². The molecule has 8 heteroatoms. The number of nitrogens with one attached hydrogen (secondary N) is 1. The monoisotopic (exact) mass is 373 g/mol. The highest BCUT2D eigenvalue weighted by Gasteiger charge is 2.19. The summed E-state index contributed by atoms with van der Waals surface area (Å²) in [6.07, 6.45) is 0. The standard InChI is InChI=1S/C15H13Cl2NO4S/c1-22-15(19)11-7-5-10(6-8-11)9-18-23(20,21)13-4-2-3-12(16)14(13)17/h2-8,18H,9H2,1H3. The Kier molecular flexibility index (Phi) is 5.64. The molecule has 23 heavy (non-hydrogen) atoms. The lowest BCUT2D eigenvalue weighted by molar-refractivity contribution is 0.0600. The number of carbonyl (C=O) groups is 1. The van der Waals surface area contributed by atoms with Crippen LogP contribution in [0.1, 0.15) is 15.9 Å². The molecule has 0 radical (unpaired) electrons. The van der Waals surface area contributed by atoms with Gasteiger partial charge in [-0.1, -0.05) is 41.4 Å². The molecule has 0 aliphatic carbocycles. The first-order valence-electron chi connectivity index (χ1n) is 6.46. The minimum atomic E-state index is -3.80. The number of ether oxygens (including phenoxy) is 1. The van der Waals surface area contributed by atoms with Gasteiger partial charge in [0, 0.05) is 6.54 Å². The Labute approximate surface area is 144 Å². The van der Waals surface area contributed by atoms with Crippen LogP contribution in [0.3, 0.4) is 0 Å². The number of benzene rings is 2. The number of esters is 1. The number of sulfonamides is 1. The maximum Gasteiger partial charge on any atom is 0.337 e. The Balaban J connectivity index is 2.13. The van der Waals surface area contributed by atoms with Gasteiger partial charge in [0.1, 0.15) is 4.90 Å². The van der Waals surface area contributed by atoms with Crippen molar-refractivity contribution in [2.75, 3.05) is 7.11 Å². The van der Waals surface area contributed by atoms with Gasteiger partial charge in [-0.3, -0.25) is 0 Å². The zero-order chi connectivity index (χ0) is 17.0. The molecule has 2 aromatic carbocycles. The van der Waals surface area contributed by atoms with Crippen molar-refractivity contribution >= 4 is 39.2 Å². The fraction of sp³-hybridized carbons (Fsp3) is 0.133. The van der Waals surface area contributed by atoms with Gasteiger partial charge in [-0.2, -0.15) is 0 Å². The minimum Gasteiger partial charge on any atom is -0.465 e. The first-order chi connectivity index (χ1) is 10.8. The molecular weight excluding hydrogens is 361 g/mol. The maximum absolute atomic E-state index is 12.3. The third-order valence-corrected chi connectivity index (χ3v) is 5.42. The zero-order valence-electron chi connectivity index (χ0n) is 12.0. The van der Waals surface area contributed by atoms with Crippen molar-refractivity contribution in [3.63, 3.8) is 0 Å². The summed E-state index contributed by atoms with van der Waals surface area (Å²) < 4.78 is 31.6. The Morgan fingerprint density at radius 1 is 1.13 bits per heavy atom. The van der Waals surface area contributed by atoms with Gasteiger partial charge in [0.2, 0.25) is 10.0 Å². The van der Waals surface area contributed by atoms with Crippen LogP contribution in [0, 0.1) is 0 Å². The molecule has 122 valence electrons. The van der Waals surface area contributed by atoms with Gasteiger partial charge in [-0.15, -0.1) is 0 Å². The Bertz CT molecular complexity index is 820. The van der Waals surface area contributed by atoms with Gasteiger partial charge in [-0.25, -0.2) is 17.9 Å². The fourth-order valence-corrected chi connectivity index (χ4v) is 3.60. The van der Waals surface area contributed by atoms with Crippen LogP contribution in [-0.2, 0) is 21.3 Å². The van der Waals surface area contributed by atoms with Gasteiger partial charge in [0.15, 0.2) is 0 Å². The molecule has 0 saturated heterocycles. The lowest BCUT2D eigenvalue weighted by Crippen LogP contribution is -2.23. The third kappa shape index (κ3) is 4.23. The molecule has 2 rings (SSSR count). The molecule has 0 aromatic heterocycles. The van der Waals surface area contributed by atoms with Crippen LogP contribution >= 0.6 is 23.2 Å². The average Bonchev–Trinajstić information content (AvgIpc) is 2.55. The predicted octanol–water partition coefficient (Wildman–Crippen LogP) is 3.26. The number of methoxy groups -OCH3 is 1. The second-order valence-electron chi connectivity index (χ2n) is 4.57. The van der Waals surface area contributed by atoms with E-state index in [0.717, 1.165) is 0 Å². The summed E-state index contributed by atoms with van der Waals surface area (Å²) in [4.78, 5) is 11.3. The highest BCUT2D eigenvalue weighted by molar-refractivity contribution is 7.89. The third-order valence-electron chi connectivity index (χ3n) is 3.05. The lowest BCUT2D eigenvalue weighted by Gasteiger charge is -2.09. The molecule has 0 bridgehead atoms. The SMILES string of the molecule is COC(=O)c1ccc(CNS(=O)(=O)c2cccc(Cl)c2Cl)cc1. The highest BCUT2D eigenvalue weighted by Crippen LogP contribution is 2.28. The zero-order valence-corrected chi connectivity index (χ0v) is 14.4. The summed E-state index contributed by atoms with van der Waals surface area (Å²) in [6.45, 7) is 0.0482. The number of hydrogen-bond donors (Lipinski definition) is 1. The van der Waals surface area contributed by atoms with Crippen LogP contribution in [0.2, 0.25) is 10.0 Å². The smallest absolute Gasteiger partial charge is 0.337 e. The minimum absolute atomic E-state index is 0.0253. The van der Waals surface area contributed by atoms with E-state index in [1.807, 2.05) is 0 Å². The molecule has 5 nitrogen and oxygen atoms in total. The second-order valence-corrected chi connectivity index (χ2v) is 7.09. The number of carbonyl (C=O) groups excluding carboxylic acids is 1. The van der Waals surface area contributed by atoms with E-state index in [0.29, 0.717) is 11.1 Å². The van der Waals surface area contributed by atoms with Crippen molar-refractivity contribution < 1.29 is 17.9 Å². The van der Waals surface area contributed by atoms with Crippen molar-refractivity contribution in [3.8, 4) is 0 Å². The van der Waals surface area contributed by atoms with Crippen molar-refractivity contribution in [1.29, 1.82) is 0 Å². The van der Waals surface area contributed by atoms with Crippen LogP contribution < -0.4 is 4.72 Å². The van der Waals surface area contributed by atoms with E-state index >= 15 is 0 Å². The van der Waals surface area contributed by atoms with Crippen LogP contribution in [0.15, 0.2) is 47.4 Å². The van der Waals surface area contributed by atoms with E-state index in [1.54, 1.807) is 24.3 Å².